The fourth-order valence-corrected chi connectivity index (χ4v) is 2.98. The van der Waals surface area contributed by atoms with Crippen LogP contribution in [0.1, 0.15) is 48.0 Å². The summed E-state index contributed by atoms with van der Waals surface area (Å²) in [4.78, 5) is 32.9. The topological polar surface area (TPSA) is 134 Å². The van der Waals surface area contributed by atoms with E-state index in [9.17, 15) is 24.2 Å². The number of hydrogen-bond acceptors (Lipinski definition) is 6. The highest BCUT2D eigenvalue weighted by molar-refractivity contribution is 7.47. The van der Waals surface area contributed by atoms with E-state index in [0.29, 0.717) is 6.54 Å². The van der Waals surface area contributed by atoms with E-state index in [1.807, 2.05) is 0 Å². The lowest BCUT2D eigenvalue weighted by Crippen LogP contribution is -2.46. The van der Waals surface area contributed by atoms with E-state index in [1.54, 1.807) is 27.7 Å². The molecule has 148 valence electrons. The molecule has 0 bridgehead atoms. The van der Waals surface area contributed by atoms with Crippen LogP contribution >= 0.6 is 7.82 Å². The molecule has 9 nitrogen and oxygen atoms in total. The minimum Gasteiger partial charge on any atom is -0.383 e. The summed E-state index contributed by atoms with van der Waals surface area (Å²) in [6.45, 7) is 9.80. The van der Waals surface area contributed by atoms with Crippen LogP contribution in [0.3, 0.4) is 0 Å². The molecule has 0 saturated carbocycles. The van der Waals surface area contributed by atoms with Crippen LogP contribution in [-0.2, 0) is 23.2 Å². The third-order valence-electron chi connectivity index (χ3n) is 3.00. The van der Waals surface area contributed by atoms with Crippen molar-refractivity contribution in [3.05, 3.63) is 0 Å². The summed E-state index contributed by atoms with van der Waals surface area (Å²) in [5.41, 5.74) is -2.03. The highest BCUT2D eigenvalue weighted by atomic mass is 31.2. The van der Waals surface area contributed by atoms with Gasteiger partial charge in [0.2, 0.25) is 11.8 Å². The highest BCUT2D eigenvalue weighted by Crippen LogP contribution is 2.48. The van der Waals surface area contributed by atoms with Crippen LogP contribution in [0.4, 0.5) is 0 Å². The van der Waals surface area contributed by atoms with Crippen molar-refractivity contribution in [3.63, 3.8) is 0 Å². The second-order valence-corrected chi connectivity index (χ2v) is 8.71. The number of phosphoric acid groups is 1. The summed E-state index contributed by atoms with van der Waals surface area (Å²) in [6.07, 6.45) is -1.40. The predicted octanol–water partition coefficient (Wildman–Crippen LogP) is 0.948. The van der Waals surface area contributed by atoms with Crippen LogP contribution in [0.25, 0.3) is 0 Å². The van der Waals surface area contributed by atoms with Gasteiger partial charge in [0, 0.05) is 24.9 Å². The number of rotatable bonds is 10. The second-order valence-electron chi connectivity index (χ2n) is 7.33. The van der Waals surface area contributed by atoms with Gasteiger partial charge in [-0.2, -0.15) is 0 Å². The highest BCUT2D eigenvalue weighted by Gasteiger charge is 2.38. The zero-order valence-electron chi connectivity index (χ0n) is 15.8. The van der Waals surface area contributed by atoms with E-state index in [1.165, 1.54) is 13.8 Å². The summed E-state index contributed by atoms with van der Waals surface area (Å²) in [5, 5.41) is 15.2. The molecule has 0 saturated heterocycles. The first-order chi connectivity index (χ1) is 11.2. The molecule has 0 fully saturated rings. The molecule has 0 aliphatic heterocycles. The Hall–Kier alpha value is -0.990. The van der Waals surface area contributed by atoms with E-state index in [4.69, 9.17) is 9.05 Å². The third kappa shape index (κ3) is 10.6. The van der Waals surface area contributed by atoms with Gasteiger partial charge in [-0.1, -0.05) is 13.8 Å². The van der Waals surface area contributed by atoms with Gasteiger partial charge in [-0.15, -0.1) is 0 Å². The summed E-state index contributed by atoms with van der Waals surface area (Å²) < 4.78 is 21.7. The predicted molar refractivity (Wildman–Crippen MR) is 92.7 cm³/mol. The van der Waals surface area contributed by atoms with Crippen molar-refractivity contribution < 1.29 is 33.2 Å². The normalized spacial score (nSPS) is 16.0. The molecule has 2 atom stereocenters. The lowest BCUT2D eigenvalue weighted by atomic mass is 9.87. The molecule has 0 spiro atoms. The number of hydrogen-bond donors (Lipinski definition) is 4. The Morgan fingerprint density at radius 2 is 1.72 bits per heavy atom. The van der Waals surface area contributed by atoms with Crippen LogP contribution in [0.5, 0.6) is 0 Å². The maximum atomic E-state index is 12.0. The summed E-state index contributed by atoms with van der Waals surface area (Å²) >= 11 is 0. The van der Waals surface area contributed by atoms with Gasteiger partial charge in [0.05, 0.1) is 12.2 Å². The zero-order valence-corrected chi connectivity index (χ0v) is 16.7. The average molecular weight is 382 g/mol. The van der Waals surface area contributed by atoms with E-state index in [0.717, 1.165) is 0 Å². The van der Waals surface area contributed by atoms with Crippen molar-refractivity contribution in [2.24, 2.45) is 5.41 Å². The summed E-state index contributed by atoms with van der Waals surface area (Å²) in [7, 11) is -4.32. The lowest BCUT2D eigenvalue weighted by Gasteiger charge is -2.31. The Morgan fingerprint density at radius 3 is 2.20 bits per heavy atom. The van der Waals surface area contributed by atoms with Crippen molar-refractivity contribution >= 4 is 19.6 Å². The van der Waals surface area contributed by atoms with Crippen molar-refractivity contribution in [1.82, 2.24) is 10.6 Å². The minimum atomic E-state index is -4.32. The van der Waals surface area contributed by atoms with Crippen LogP contribution in [0, 0.1) is 5.41 Å². The van der Waals surface area contributed by atoms with E-state index < -0.39 is 30.8 Å². The van der Waals surface area contributed by atoms with Crippen LogP contribution in [0.2, 0.25) is 0 Å². The molecular weight excluding hydrogens is 351 g/mol. The molecule has 4 N–H and O–H groups in total. The monoisotopic (exact) mass is 382 g/mol. The number of amides is 2. The van der Waals surface area contributed by atoms with Gasteiger partial charge in [0.1, 0.15) is 6.10 Å². The quantitative estimate of drug-likeness (QED) is 0.413. The number of carbonyl (C=O) groups is 2. The van der Waals surface area contributed by atoms with Gasteiger partial charge in [0.15, 0.2) is 0 Å². The van der Waals surface area contributed by atoms with E-state index in [-0.39, 0.29) is 25.5 Å². The molecule has 0 heterocycles. The minimum absolute atomic E-state index is 0.0737. The zero-order chi connectivity index (χ0) is 19.9. The largest absolute Gasteiger partial charge is 0.472 e. The molecule has 0 aromatic rings. The van der Waals surface area contributed by atoms with Crippen molar-refractivity contribution in [1.29, 1.82) is 0 Å². The number of aliphatic hydroxyl groups is 1. The number of phosphoric ester groups is 1. The summed E-state index contributed by atoms with van der Waals surface area (Å²) in [6, 6.07) is 0. The summed E-state index contributed by atoms with van der Waals surface area (Å²) in [5.74, 6) is -0.900. The molecule has 2 amide bonds. The van der Waals surface area contributed by atoms with Gasteiger partial charge >= 0.3 is 7.82 Å². The molecule has 0 aromatic carbocycles. The average Bonchev–Trinajstić information content (AvgIpc) is 2.42. The maximum absolute atomic E-state index is 12.0. The first kappa shape index (κ1) is 24.0. The number of carbonyl (C=O) groups excluding carboxylic acids is 2. The smallest absolute Gasteiger partial charge is 0.383 e. The van der Waals surface area contributed by atoms with Crippen LogP contribution < -0.4 is 10.6 Å². The fraction of sp³-hybridized carbons (Fsp3) is 0.867. The Labute approximate surface area is 149 Å². The number of nitrogens with one attached hydrogen (secondary N) is 2. The fourth-order valence-electron chi connectivity index (χ4n) is 1.74. The Balaban J connectivity index is 4.52. The van der Waals surface area contributed by atoms with Crippen LogP contribution in [0.15, 0.2) is 0 Å². The molecule has 25 heavy (non-hydrogen) atoms. The number of aliphatic hydroxyl groups excluding tert-OH is 1. The molecule has 0 rings (SSSR count). The molecule has 0 aliphatic rings. The molecule has 10 heteroatoms. The standard InChI is InChI=1S/C15H31N2O7P/c1-7-16-11(18)8-9-17-13(20)12(19)15(5,6)10-23-25(21,22)24-14(2,3)4/h12,19H,7-10H2,1-6H3,(H,16,18)(H,17,20)(H,21,22). The van der Waals surface area contributed by atoms with Crippen molar-refractivity contribution in [2.75, 3.05) is 19.7 Å². The lowest BCUT2D eigenvalue weighted by molar-refractivity contribution is -0.137. The van der Waals surface area contributed by atoms with Gasteiger partial charge in [-0.3, -0.25) is 18.6 Å². The molecule has 0 radical (unpaired) electrons. The SMILES string of the molecule is CCNC(=O)CCNC(=O)C(O)C(C)(C)COP(=O)(O)OC(C)(C)C. The first-order valence-electron chi connectivity index (χ1n) is 8.11. The molecule has 2 unspecified atom stereocenters. The third-order valence-corrected chi connectivity index (χ3v) is 4.24. The van der Waals surface area contributed by atoms with Gasteiger partial charge in [0.25, 0.3) is 0 Å². The first-order valence-corrected chi connectivity index (χ1v) is 9.60. The van der Waals surface area contributed by atoms with Crippen molar-refractivity contribution in [2.45, 2.75) is 59.7 Å². The maximum Gasteiger partial charge on any atom is 0.472 e. The second kappa shape index (κ2) is 9.64. The Kier molecular flexibility index (Phi) is 9.26. The molecular formula is C15H31N2O7P. The Morgan fingerprint density at radius 1 is 1.16 bits per heavy atom. The van der Waals surface area contributed by atoms with E-state index >= 15 is 0 Å². The van der Waals surface area contributed by atoms with E-state index in [2.05, 4.69) is 10.6 Å². The van der Waals surface area contributed by atoms with Crippen molar-refractivity contribution in [3.8, 4) is 0 Å². The molecule has 0 aliphatic carbocycles. The van der Waals surface area contributed by atoms with Gasteiger partial charge in [-0.25, -0.2) is 4.57 Å². The molecule has 0 aromatic heterocycles. The van der Waals surface area contributed by atoms with Crippen LogP contribution in [-0.4, -0.2) is 53.2 Å². The van der Waals surface area contributed by atoms with Gasteiger partial charge in [-0.05, 0) is 27.7 Å². The van der Waals surface area contributed by atoms with Gasteiger partial charge < -0.3 is 20.6 Å². The Bertz CT molecular complexity index is 503.